The minimum Gasteiger partial charge on any atom is -0.494 e. The lowest BCUT2D eigenvalue weighted by molar-refractivity contribution is -0.0594. The van der Waals surface area contributed by atoms with E-state index in [0.29, 0.717) is 17.6 Å². The van der Waals surface area contributed by atoms with Crippen molar-refractivity contribution in [2.75, 3.05) is 13.2 Å². The largest absolute Gasteiger partial charge is 0.494 e. The van der Waals surface area contributed by atoms with Crippen LogP contribution < -0.4 is 9.47 Å². The molecule has 0 bridgehead atoms. The third kappa shape index (κ3) is 8.45. The molecule has 0 N–H and O–H groups in total. The molecular weight excluding hydrogens is 618 g/mol. The van der Waals surface area contributed by atoms with Gasteiger partial charge < -0.3 is 14.2 Å². The van der Waals surface area contributed by atoms with E-state index in [-0.39, 0.29) is 17.5 Å². The first kappa shape index (κ1) is 37.0. The highest BCUT2D eigenvalue weighted by Crippen LogP contribution is 2.67. The van der Waals surface area contributed by atoms with Crippen molar-refractivity contribution in [2.45, 2.75) is 137 Å². The van der Waals surface area contributed by atoms with E-state index in [2.05, 4.69) is 45.7 Å². The van der Waals surface area contributed by atoms with Gasteiger partial charge in [-0.05, 0) is 153 Å². The van der Waals surface area contributed by atoms with Crippen LogP contribution in [-0.4, -0.2) is 30.3 Å². The number of carbonyl (C=O) groups excluding carboxylic acids is 1. The van der Waals surface area contributed by atoms with Crippen molar-refractivity contribution in [1.82, 2.24) is 4.98 Å². The van der Waals surface area contributed by atoms with Crippen LogP contribution in [0.1, 0.15) is 141 Å². The monoisotopic (exact) mass is 683 g/mol. The minimum absolute atomic E-state index is 0.0270. The van der Waals surface area contributed by atoms with E-state index in [1.165, 1.54) is 51.4 Å². The minimum atomic E-state index is -0.207. The lowest BCUT2D eigenvalue weighted by atomic mass is 9.47. The van der Waals surface area contributed by atoms with E-state index in [4.69, 9.17) is 14.2 Å². The highest BCUT2D eigenvalue weighted by atomic mass is 16.5. The fraction of sp³-hybridized carbons (Fsp3) is 0.689. The van der Waals surface area contributed by atoms with Gasteiger partial charge in [0.2, 0.25) is 0 Å². The van der Waals surface area contributed by atoms with E-state index in [1.807, 2.05) is 36.4 Å². The summed E-state index contributed by atoms with van der Waals surface area (Å²) in [6, 6.07) is 11.3. The molecule has 2 aromatic rings. The molecule has 50 heavy (non-hydrogen) atoms. The second-order valence-corrected chi connectivity index (χ2v) is 17.4. The number of rotatable bonds is 16. The van der Waals surface area contributed by atoms with Gasteiger partial charge >= 0.3 is 5.97 Å². The Kier molecular flexibility index (Phi) is 12.3. The van der Waals surface area contributed by atoms with Gasteiger partial charge in [0.15, 0.2) is 0 Å². The van der Waals surface area contributed by atoms with Crippen LogP contribution in [0.4, 0.5) is 0 Å². The molecule has 0 radical (unpaired) electrons. The van der Waals surface area contributed by atoms with Gasteiger partial charge in [0.1, 0.15) is 17.6 Å². The zero-order valence-electron chi connectivity index (χ0n) is 31.8. The topological polar surface area (TPSA) is 57.7 Å². The third-order valence-electron chi connectivity index (χ3n) is 13.8. The van der Waals surface area contributed by atoms with Crippen LogP contribution in [0, 0.1) is 46.3 Å². The van der Waals surface area contributed by atoms with Gasteiger partial charge in [0.25, 0.3) is 0 Å². The number of pyridine rings is 1. The Hall–Kier alpha value is -2.82. The number of carbonyl (C=O) groups is 1. The summed E-state index contributed by atoms with van der Waals surface area (Å²) in [5, 5.41) is 0. The average Bonchev–Trinajstić information content (AvgIpc) is 3.47. The van der Waals surface area contributed by atoms with Gasteiger partial charge in [-0.25, -0.2) is 4.79 Å². The second-order valence-electron chi connectivity index (χ2n) is 17.4. The SMILES string of the molecule is CC(C)CCC[C@@H](C)[C@H]1CC[C@H]2[C@@H]3CC=C4C[C@@H](OC(=O)c5ccc(OCCCCCCOc6ccncc6)cc5)CC[C@]4(C)[C@H]3CC[C@]12C. The predicted molar refractivity (Wildman–Crippen MR) is 202 cm³/mol. The van der Waals surface area contributed by atoms with E-state index in [0.717, 1.165) is 98.6 Å². The molecule has 1 aromatic carbocycles. The van der Waals surface area contributed by atoms with E-state index < -0.39 is 0 Å². The first-order chi connectivity index (χ1) is 24.2. The summed E-state index contributed by atoms with van der Waals surface area (Å²) in [6.45, 7) is 13.9. The summed E-state index contributed by atoms with van der Waals surface area (Å²) in [4.78, 5) is 17.2. The van der Waals surface area contributed by atoms with Crippen LogP contribution in [0.15, 0.2) is 60.4 Å². The summed E-state index contributed by atoms with van der Waals surface area (Å²) in [5.74, 6) is 6.52. The fourth-order valence-corrected chi connectivity index (χ4v) is 11.0. The maximum atomic E-state index is 13.2. The number of allylic oxidation sites excluding steroid dienone is 1. The lowest BCUT2D eigenvalue weighted by Crippen LogP contribution is -2.51. The maximum absolute atomic E-state index is 13.2. The molecule has 6 rings (SSSR count). The Bertz CT molecular complexity index is 1400. The summed E-state index contributed by atoms with van der Waals surface area (Å²) >= 11 is 0. The van der Waals surface area contributed by atoms with Gasteiger partial charge in [-0.1, -0.05) is 65.5 Å². The standard InChI is InChI=1S/C45H65NO4/c1-32(2)11-10-12-33(3)40-19-20-41-39-18-15-35-31-38(21-25-44(35,4)42(39)22-26-45(40,41)5)50-43(47)34-13-16-36(17-14-34)48-29-8-6-7-9-30-49-37-23-27-46-28-24-37/h13-17,23-24,27-28,32-33,38-42H,6-12,18-22,25-26,29-31H2,1-5H3/t33-,38+,39+,40-,41+,42+,44+,45-/m1/s1. The normalized spacial score (nSPS) is 30.8. The molecule has 0 spiro atoms. The maximum Gasteiger partial charge on any atom is 0.338 e. The van der Waals surface area contributed by atoms with Crippen LogP contribution in [0.2, 0.25) is 0 Å². The lowest BCUT2D eigenvalue weighted by Gasteiger charge is -2.58. The zero-order chi connectivity index (χ0) is 35.1. The number of unbranched alkanes of at least 4 members (excludes halogenated alkanes) is 3. The van der Waals surface area contributed by atoms with Crippen molar-refractivity contribution in [3.8, 4) is 11.5 Å². The van der Waals surface area contributed by atoms with Crippen molar-refractivity contribution in [3.05, 3.63) is 66.0 Å². The molecule has 274 valence electrons. The Morgan fingerprint density at radius 3 is 2.20 bits per heavy atom. The van der Waals surface area contributed by atoms with Crippen molar-refractivity contribution in [2.24, 2.45) is 46.3 Å². The van der Waals surface area contributed by atoms with E-state index in [9.17, 15) is 4.79 Å². The van der Waals surface area contributed by atoms with Crippen molar-refractivity contribution < 1.29 is 19.0 Å². The number of nitrogens with zero attached hydrogens (tertiary/aromatic N) is 1. The number of hydrogen-bond donors (Lipinski definition) is 0. The first-order valence-electron chi connectivity index (χ1n) is 20.3. The summed E-state index contributed by atoms with van der Waals surface area (Å²) in [5.41, 5.74) is 2.97. The van der Waals surface area contributed by atoms with Gasteiger partial charge in [-0.3, -0.25) is 4.98 Å². The summed E-state index contributed by atoms with van der Waals surface area (Å²) in [6.07, 6.45) is 24.4. The van der Waals surface area contributed by atoms with Gasteiger partial charge in [0.05, 0.1) is 18.8 Å². The van der Waals surface area contributed by atoms with Crippen LogP contribution in [0.3, 0.4) is 0 Å². The molecule has 0 unspecified atom stereocenters. The number of hydrogen-bond acceptors (Lipinski definition) is 5. The molecule has 1 aromatic heterocycles. The molecule has 0 amide bonds. The zero-order valence-corrected chi connectivity index (χ0v) is 31.8. The smallest absolute Gasteiger partial charge is 0.338 e. The number of ether oxygens (including phenoxy) is 3. The summed E-state index contributed by atoms with van der Waals surface area (Å²) < 4.78 is 17.8. The Morgan fingerprint density at radius 2 is 1.50 bits per heavy atom. The average molecular weight is 684 g/mol. The van der Waals surface area contributed by atoms with Crippen molar-refractivity contribution in [1.29, 1.82) is 0 Å². The highest BCUT2D eigenvalue weighted by Gasteiger charge is 2.59. The molecule has 4 aliphatic carbocycles. The second kappa shape index (κ2) is 16.7. The third-order valence-corrected chi connectivity index (χ3v) is 13.8. The van der Waals surface area contributed by atoms with E-state index >= 15 is 0 Å². The van der Waals surface area contributed by atoms with Gasteiger partial charge in [-0.2, -0.15) is 0 Å². The quantitative estimate of drug-likeness (QED) is 0.100. The Balaban J connectivity index is 0.935. The Labute approximate surface area is 303 Å². The van der Waals surface area contributed by atoms with Crippen molar-refractivity contribution in [3.63, 3.8) is 0 Å². The van der Waals surface area contributed by atoms with Crippen LogP contribution in [0.5, 0.6) is 11.5 Å². The van der Waals surface area contributed by atoms with Crippen LogP contribution in [0.25, 0.3) is 0 Å². The van der Waals surface area contributed by atoms with Gasteiger partial charge in [0, 0.05) is 18.8 Å². The Morgan fingerprint density at radius 1 is 0.800 bits per heavy atom. The molecule has 0 saturated heterocycles. The summed E-state index contributed by atoms with van der Waals surface area (Å²) in [7, 11) is 0. The number of benzene rings is 1. The molecular formula is C45H65NO4. The number of aromatic nitrogens is 1. The predicted octanol–water partition coefficient (Wildman–Crippen LogP) is 11.7. The molecule has 8 atom stereocenters. The van der Waals surface area contributed by atoms with Crippen molar-refractivity contribution >= 4 is 5.97 Å². The van der Waals surface area contributed by atoms with Crippen LogP contribution >= 0.6 is 0 Å². The molecule has 3 fully saturated rings. The molecule has 5 heteroatoms. The van der Waals surface area contributed by atoms with Gasteiger partial charge in [-0.15, -0.1) is 0 Å². The molecule has 0 aliphatic heterocycles. The van der Waals surface area contributed by atoms with E-state index in [1.54, 1.807) is 18.0 Å². The molecule has 3 saturated carbocycles. The fourth-order valence-electron chi connectivity index (χ4n) is 11.0. The number of esters is 1. The highest BCUT2D eigenvalue weighted by molar-refractivity contribution is 5.89. The van der Waals surface area contributed by atoms with Crippen LogP contribution in [-0.2, 0) is 4.74 Å². The molecule has 1 heterocycles. The molecule has 4 aliphatic rings. The first-order valence-corrected chi connectivity index (χ1v) is 20.3. The molecule has 5 nitrogen and oxygen atoms in total. The number of fused-ring (bicyclic) bond motifs is 5.